The smallest absolute Gasteiger partial charge is 0.257 e. The molecule has 4 heterocycles. The summed E-state index contributed by atoms with van der Waals surface area (Å²) in [6, 6.07) is 8.68. The van der Waals surface area contributed by atoms with E-state index < -0.39 is 15.8 Å². The summed E-state index contributed by atoms with van der Waals surface area (Å²) in [4.78, 5) is 25.7. The fraction of sp³-hybridized carbons (Fsp3) is 0.444. The molecular weight excluding hydrogens is 536 g/mol. The molecule has 5 rings (SSSR count). The molecule has 0 bridgehead atoms. The van der Waals surface area contributed by atoms with E-state index in [0.717, 1.165) is 0 Å². The number of nitrogen functional groups attached to an aromatic ring is 1. The average molecular weight is 571 g/mol. The topological polar surface area (TPSA) is 149 Å². The Morgan fingerprint density at radius 1 is 1.15 bits per heavy atom. The highest BCUT2D eigenvalue weighted by molar-refractivity contribution is 7.89. The SMILES string of the molecule is COc1ncc(-c2ccc3nc(N)c(C(=O)N4CCC5(CC4)OCCO5)cc3c2)cc1S(=O)(=O)NCCN(C)C. The van der Waals surface area contributed by atoms with E-state index in [1.807, 2.05) is 25.1 Å². The fourth-order valence-electron chi connectivity index (χ4n) is 4.97. The quantitative estimate of drug-likeness (QED) is 0.410. The fourth-order valence-corrected chi connectivity index (χ4v) is 6.13. The van der Waals surface area contributed by atoms with Crippen molar-refractivity contribution in [2.24, 2.45) is 0 Å². The first-order valence-electron chi connectivity index (χ1n) is 13.1. The lowest BCUT2D eigenvalue weighted by Crippen LogP contribution is -2.47. The minimum absolute atomic E-state index is 0.000862. The average Bonchev–Trinajstić information content (AvgIpc) is 3.39. The van der Waals surface area contributed by atoms with Crippen LogP contribution in [-0.4, -0.2) is 100 Å². The summed E-state index contributed by atoms with van der Waals surface area (Å²) in [7, 11) is 1.22. The number of fused-ring (bicyclic) bond motifs is 1. The number of nitrogens with two attached hydrogens (primary N) is 1. The third-order valence-corrected chi connectivity index (χ3v) is 8.64. The van der Waals surface area contributed by atoms with Gasteiger partial charge >= 0.3 is 0 Å². The van der Waals surface area contributed by atoms with Gasteiger partial charge in [-0.05, 0) is 43.9 Å². The molecule has 214 valence electrons. The molecule has 0 unspecified atom stereocenters. The number of carbonyl (C=O) groups is 1. The van der Waals surface area contributed by atoms with Crippen LogP contribution in [0.1, 0.15) is 23.2 Å². The van der Waals surface area contributed by atoms with E-state index in [4.69, 9.17) is 19.9 Å². The first kappa shape index (κ1) is 28.2. The van der Waals surface area contributed by atoms with Crippen molar-refractivity contribution in [3.63, 3.8) is 0 Å². The van der Waals surface area contributed by atoms with E-state index in [1.165, 1.54) is 13.2 Å². The van der Waals surface area contributed by atoms with Crippen molar-refractivity contribution in [1.29, 1.82) is 0 Å². The normalized spacial score (nSPS) is 17.1. The van der Waals surface area contributed by atoms with Crippen molar-refractivity contribution in [1.82, 2.24) is 24.5 Å². The van der Waals surface area contributed by atoms with Gasteiger partial charge in [0.1, 0.15) is 10.7 Å². The van der Waals surface area contributed by atoms with Crippen molar-refractivity contribution in [2.45, 2.75) is 23.5 Å². The molecule has 2 aromatic heterocycles. The molecule has 2 aliphatic heterocycles. The number of piperidine rings is 1. The minimum atomic E-state index is -3.88. The Morgan fingerprint density at radius 3 is 2.55 bits per heavy atom. The second-order valence-corrected chi connectivity index (χ2v) is 11.9. The molecule has 0 aliphatic carbocycles. The maximum atomic E-state index is 13.4. The molecule has 12 nitrogen and oxygen atoms in total. The predicted molar refractivity (Wildman–Crippen MR) is 149 cm³/mol. The zero-order chi connectivity index (χ0) is 28.5. The predicted octanol–water partition coefficient (Wildman–Crippen LogP) is 1.71. The van der Waals surface area contributed by atoms with E-state index in [0.29, 0.717) is 73.3 Å². The van der Waals surface area contributed by atoms with Gasteiger partial charge in [0.2, 0.25) is 15.9 Å². The van der Waals surface area contributed by atoms with Crippen LogP contribution in [0.2, 0.25) is 0 Å². The molecule has 0 saturated carbocycles. The maximum Gasteiger partial charge on any atom is 0.257 e. The molecule has 0 atom stereocenters. The van der Waals surface area contributed by atoms with Crippen LogP contribution in [0.3, 0.4) is 0 Å². The number of hydrogen-bond donors (Lipinski definition) is 2. The molecule has 13 heteroatoms. The van der Waals surface area contributed by atoms with Crippen LogP contribution in [0.15, 0.2) is 41.4 Å². The molecule has 2 aliphatic rings. The number of likely N-dealkylation sites (N-methyl/N-ethyl adjacent to an activating group) is 1. The lowest BCUT2D eigenvalue weighted by Gasteiger charge is -2.37. The van der Waals surface area contributed by atoms with Crippen LogP contribution >= 0.6 is 0 Å². The number of likely N-dealkylation sites (tertiary alicyclic amines) is 1. The van der Waals surface area contributed by atoms with Gasteiger partial charge < -0.3 is 29.7 Å². The number of nitrogens with zero attached hydrogens (tertiary/aromatic N) is 4. The monoisotopic (exact) mass is 570 g/mol. The van der Waals surface area contributed by atoms with Gasteiger partial charge in [-0.1, -0.05) is 6.07 Å². The first-order valence-corrected chi connectivity index (χ1v) is 14.6. The number of carbonyl (C=O) groups excluding carboxylic acids is 1. The van der Waals surface area contributed by atoms with Crippen molar-refractivity contribution >= 4 is 32.7 Å². The standard InChI is InChI=1S/C27H34N6O6S/c1-32(2)11-8-30-40(35,36)23-16-20(17-29-25(23)37-3)18-4-5-22-19(14-18)15-21(24(28)31-22)26(34)33-9-6-27(7-10-33)38-12-13-39-27/h4-5,14-17,30H,6-13H2,1-3H3,(H2,28,31). The van der Waals surface area contributed by atoms with Crippen molar-refractivity contribution < 1.29 is 27.4 Å². The molecule has 1 amide bonds. The molecule has 3 aromatic rings. The molecule has 1 aromatic carbocycles. The number of aromatic nitrogens is 2. The van der Waals surface area contributed by atoms with E-state index in [2.05, 4.69) is 14.7 Å². The molecule has 2 fully saturated rings. The lowest BCUT2D eigenvalue weighted by molar-refractivity contribution is -0.181. The van der Waals surface area contributed by atoms with Gasteiger partial charge in [0.15, 0.2) is 5.79 Å². The number of amides is 1. The van der Waals surface area contributed by atoms with Crippen LogP contribution in [0.4, 0.5) is 5.82 Å². The van der Waals surface area contributed by atoms with E-state index in [1.54, 1.807) is 29.3 Å². The summed E-state index contributed by atoms with van der Waals surface area (Å²) < 4.78 is 45.5. The van der Waals surface area contributed by atoms with Crippen molar-refractivity contribution in [3.8, 4) is 17.0 Å². The van der Waals surface area contributed by atoms with Gasteiger partial charge in [0.05, 0.1) is 31.4 Å². The van der Waals surface area contributed by atoms with Crippen molar-refractivity contribution in [2.75, 3.05) is 66.3 Å². The second kappa shape index (κ2) is 11.3. The highest BCUT2D eigenvalue weighted by atomic mass is 32.2. The Morgan fingerprint density at radius 2 is 1.88 bits per heavy atom. The summed E-state index contributed by atoms with van der Waals surface area (Å²) in [5, 5.41) is 0.690. The molecule has 3 N–H and O–H groups in total. The van der Waals surface area contributed by atoms with Crippen LogP contribution in [0, 0.1) is 0 Å². The number of ether oxygens (including phenoxy) is 3. The number of anilines is 1. The van der Waals surface area contributed by atoms with Gasteiger partial charge in [-0.3, -0.25) is 4.79 Å². The van der Waals surface area contributed by atoms with Gasteiger partial charge in [0.25, 0.3) is 5.91 Å². The summed E-state index contributed by atoms with van der Waals surface area (Å²) in [6.45, 7) is 2.91. The number of nitrogens with one attached hydrogen (secondary N) is 1. The third-order valence-electron chi connectivity index (χ3n) is 7.19. The number of sulfonamides is 1. The molecular formula is C27H34N6O6S. The van der Waals surface area contributed by atoms with Crippen LogP contribution < -0.4 is 15.2 Å². The van der Waals surface area contributed by atoms with Crippen LogP contribution in [-0.2, 0) is 19.5 Å². The summed E-state index contributed by atoms with van der Waals surface area (Å²) in [6.07, 6.45) is 2.75. The zero-order valence-corrected chi connectivity index (χ0v) is 23.7. The minimum Gasteiger partial charge on any atom is -0.480 e. The Hall–Kier alpha value is -3.36. The molecule has 40 heavy (non-hydrogen) atoms. The number of methoxy groups -OCH3 is 1. The summed E-state index contributed by atoms with van der Waals surface area (Å²) in [5.41, 5.74) is 8.41. The van der Waals surface area contributed by atoms with E-state index >= 15 is 0 Å². The van der Waals surface area contributed by atoms with E-state index in [9.17, 15) is 13.2 Å². The van der Waals surface area contributed by atoms with Gasteiger partial charge in [0, 0.05) is 56.2 Å². The molecule has 0 radical (unpaired) electrons. The lowest BCUT2D eigenvalue weighted by atomic mass is 10.0. The summed E-state index contributed by atoms with van der Waals surface area (Å²) in [5.74, 6) is -0.629. The number of rotatable bonds is 8. The number of pyridine rings is 2. The van der Waals surface area contributed by atoms with Gasteiger partial charge in [-0.25, -0.2) is 23.1 Å². The molecule has 1 spiro atoms. The zero-order valence-electron chi connectivity index (χ0n) is 22.8. The third kappa shape index (κ3) is 5.74. The Balaban J connectivity index is 1.42. The van der Waals surface area contributed by atoms with E-state index in [-0.39, 0.29) is 29.0 Å². The molecule has 2 saturated heterocycles. The summed E-state index contributed by atoms with van der Waals surface area (Å²) >= 11 is 0. The van der Waals surface area contributed by atoms with Crippen LogP contribution in [0.25, 0.3) is 22.0 Å². The maximum absolute atomic E-state index is 13.4. The first-order chi connectivity index (χ1) is 19.1. The second-order valence-electron chi connectivity index (χ2n) is 10.2. The van der Waals surface area contributed by atoms with Crippen LogP contribution in [0.5, 0.6) is 5.88 Å². The largest absolute Gasteiger partial charge is 0.480 e. The Bertz CT molecular complexity index is 1510. The highest BCUT2D eigenvalue weighted by Gasteiger charge is 2.41. The highest BCUT2D eigenvalue weighted by Crippen LogP contribution is 2.33. The van der Waals surface area contributed by atoms with Crippen molar-refractivity contribution in [3.05, 3.63) is 42.1 Å². The number of hydrogen-bond acceptors (Lipinski definition) is 10. The Labute approximate surface area is 233 Å². The number of benzene rings is 1. The van der Waals surface area contributed by atoms with Gasteiger partial charge in [-0.15, -0.1) is 0 Å². The Kier molecular flexibility index (Phi) is 7.93. The van der Waals surface area contributed by atoms with Gasteiger partial charge in [-0.2, -0.15) is 0 Å².